The number of nitrogens with one attached hydrogen (secondary N) is 3. The minimum atomic E-state index is -0.701. The Morgan fingerprint density at radius 1 is 1.04 bits per heavy atom. The van der Waals surface area contributed by atoms with Crippen molar-refractivity contribution in [2.45, 2.75) is 6.42 Å². The number of benzene rings is 2. The zero-order valence-electron chi connectivity index (χ0n) is 14.9. The van der Waals surface area contributed by atoms with Gasteiger partial charge in [-0.1, -0.05) is 18.2 Å². The van der Waals surface area contributed by atoms with Gasteiger partial charge in [0.2, 0.25) is 0 Å². The Bertz CT molecular complexity index is 1100. The van der Waals surface area contributed by atoms with Crippen molar-refractivity contribution in [3.63, 3.8) is 0 Å². The molecule has 4 rings (SSSR count). The molecule has 0 atom stereocenters. The summed E-state index contributed by atoms with van der Waals surface area (Å²) in [7, 11) is 0. The molecule has 28 heavy (non-hydrogen) atoms. The normalized spacial score (nSPS) is 10.7. The van der Waals surface area contributed by atoms with E-state index in [4.69, 9.17) is 0 Å². The highest BCUT2D eigenvalue weighted by Crippen LogP contribution is 2.17. The van der Waals surface area contributed by atoms with E-state index < -0.39 is 11.8 Å². The summed E-state index contributed by atoms with van der Waals surface area (Å²) in [5.74, 6) is -1.37. The Kier molecular flexibility index (Phi) is 4.83. The monoisotopic (exact) mass is 374 g/mol. The maximum atomic E-state index is 12.1. The van der Waals surface area contributed by atoms with Gasteiger partial charge in [0.1, 0.15) is 12.7 Å². The molecule has 0 unspecified atom stereocenters. The summed E-state index contributed by atoms with van der Waals surface area (Å²) in [5.41, 5.74) is 3.48. The number of rotatable bonds is 5. The summed E-state index contributed by atoms with van der Waals surface area (Å²) in [6.45, 7) is 0.374. The van der Waals surface area contributed by atoms with E-state index in [2.05, 4.69) is 25.7 Å². The van der Waals surface area contributed by atoms with Crippen molar-refractivity contribution in [1.82, 2.24) is 25.1 Å². The third-order valence-electron chi connectivity index (χ3n) is 4.37. The maximum absolute atomic E-state index is 12.1. The smallest absolute Gasteiger partial charge is 0.313 e. The van der Waals surface area contributed by atoms with Crippen LogP contribution in [0.2, 0.25) is 0 Å². The lowest BCUT2D eigenvalue weighted by Gasteiger charge is -2.07. The maximum Gasteiger partial charge on any atom is 0.313 e. The number of nitrogens with zero attached hydrogens (tertiary/aromatic N) is 3. The first-order valence-electron chi connectivity index (χ1n) is 8.80. The number of amides is 2. The Labute approximate surface area is 160 Å². The van der Waals surface area contributed by atoms with Crippen LogP contribution < -0.4 is 10.6 Å². The number of carbonyl (C=O) groups is 2. The molecular weight excluding hydrogens is 356 g/mol. The third kappa shape index (κ3) is 3.75. The zero-order chi connectivity index (χ0) is 19.3. The number of hydrogen-bond donors (Lipinski definition) is 3. The van der Waals surface area contributed by atoms with Gasteiger partial charge < -0.3 is 15.6 Å². The average Bonchev–Trinajstić information content (AvgIpc) is 3.39. The van der Waals surface area contributed by atoms with E-state index in [-0.39, 0.29) is 0 Å². The molecule has 8 nitrogen and oxygen atoms in total. The Hall–Kier alpha value is -3.94. The molecule has 0 spiro atoms. The molecule has 0 aliphatic carbocycles. The molecule has 0 radical (unpaired) electrons. The largest absolute Gasteiger partial charge is 0.361 e. The summed E-state index contributed by atoms with van der Waals surface area (Å²) in [5, 5.41) is 10.4. The van der Waals surface area contributed by atoms with Crippen molar-refractivity contribution in [2.24, 2.45) is 0 Å². The van der Waals surface area contributed by atoms with Crippen LogP contribution in [0, 0.1) is 0 Å². The molecule has 8 heteroatoms. The fourth-order valence-electron chi connectivity index (χ4n) is 2.96. The second-order valence-corrected chi connectivity index (χ2v) is 6.21. The van der Waals surface area contributed by atoms with Crippen LogP contribution in [0.15, 0.2) is 67.4 Å². The highest BCUT2D eigenvalue weighted by atomic mass is 16.2. The molecule has 0 aliphatic heterocycles. The van der Waals surface area contributed by atoms with Crippen molar-refractivity contribution >= 4 is 28.4 Å². The molecule has 2 amide bonds. The number of anilines is 1. The van der Waals surface area contributed by atoms with Crippen molar-refractivity contribution in [1.29, 1.82) is 0 Å². The van der Waals surface area contributed by atoms with Gasteiger partial charge in [-0.15, -0.1) is 0 Å². The third-order valence-corrected chi connectivity index (χ3v) is 4.37. The van der Waals surface area contributed by atoms with Crippen LogP contribution in [0.25, 0.3) is 16.6 Å². The van der Waals surface area contributed by atoms with E-state index in [0.29, 0.717) is 18.7 Å². The van der Waals surface area contributed by atoms with Gasteiger partial charge in [0.25, 0.3) is 0 Å². The summed E-state index contributed by atoms with van der Waals surface area (Å²) in [4.78, 5) is 31.2. The molecule has 2 aromatic heterocycles. The van der Waals surface area contributed by atoms with Crippen LogP contribution in [-0.4, -0.2) is 38.1 Å². The number of aromatic amines is 1. The van der Waals surface area contributed by atoms with Crippen molar-refractivity contribution in [3.05, 3.63) is 72.9 Å². The number of aromatic nitrogens is 4. The molecule has 0 saturated heterocycles. The van der Waals surface area contributed by atoms with Crippen LogP contribution >= 0.6 is 0 Å². The molecule has 2 heterocycles. The Morgan fingerprint density at radius 2 is 1.86 bits per heavy atom. The van der Waals surface area contributed by atoms with Crippen molar-refractivity contribution in [3.8, 4) is 5.69 Å². The molecule has 3 N–H and O–H groups in total. The fourth-order valence-corrected chi connectivity index (χ4v) is 2.96. The van der Waals surface area contributed by atoms with Gasteiger partial charge in [-0.3, -0.25) is 9.59 Å². The van der Waals surface area contributed by atoms with Crippen LogP contribution in [0.5, 0.6) is 0 Å². The zero-order valence-corrected chi connectivity index (χ0v) is 14.9. The van der Waals surface area contributed by atoms with E-state index >= 15 is 0 Å². The standard InChI is InChI=1S/C20H18N6O2/c27-19(22-10-9-14-11-23-18-4-2-1-3-17(14)18)20(28)25-15-5-7-16(8-6-15)26-13-21-12-24-26/h1-8,11-13,23H,9-10H2,(H,22,27)(H,25,28). The second kappa shape index (κ2) is 7.75. The number of fused-ring (bicyclic) bond motifs is 1. The first-order valence-corrected chi connectivity index (χ1v) is 8.80. The lowest BCUT2D eigenvalue weighted by Crippen LogP contribution is -2.36. The van der Waals surface area contributed by atoms with Crippen LogP contribution in [0.4, 0.5) is 5.69 Å². The van der Waals surface area contributed by atoms with E-state index in [0.717, 1.165) is 22.2 Å². The van der Waals surface area contributed by atoms with Crippen LogP contribution in [0.3, 0.4) is 0 Å². The topological polar surface area (TPSA) is 105 Å². The summed E-state index contributed by atoms with van der Waals surface area (Å²) in [6, 6.07) is 14.9. The van der Waals surface area contributed by atoms with Gasteiger partial charge in [0, 0.05) is 29.3 Å². The summed E-state index contributed by atoms with van der Waals surface area (Å²) in [6.07, 6.45) is 5.58. The van der Waals surface area contributed by atoms with Gasteiger partial charge in [0.15, 0.2) is 0 Å². The average molecular weight is 374 g/mol. The minimum absolute atomic E-state index is 0.374. The lowest BCUT2D eigenvalue weighted by atomic mass is 10.1. The van der Waals surface area contributed by atoms with E-state index in [1.807, 2.05) is 30.5 Å². The minimum Gasteiger partial charge on any atom is -0.361 e. The number of H-pyrrole nitrogens is 1. The van der Waals surface area contributed by atoms with Gasteiger partial charge in [-0.2, -0.15) is 5.10 Å². The molecule has 0 bridgehead atoms. The molecule has 4 aromatic rings. The highest BCUT2D eigenvalue weighted by molar-refractivity contribution is 6.39. The summed E-state index contributed by atoms with van der Waals surface area (Å²) >= 11 is 0. The van der Waals surface area contributed by atoms with Gasteiger partial charge in [-0.05, 0) is 42.3 Å². The Balaban J connectivity index is 1.29. The predicted molar refractivity (Wildman–Crippen MR) is 105 cm³/mol. The van der Waals surface area contributed by atoms with Gasteiger partial charge in [-0.25, -0.2) is 9.67 Å². The second-order valence-electron chi connectivity index (χ2n) is 6.21. The SMILES string of the molecule is O=C(NCCc1c[nH]c2ccccc12)C(=O)Nc1ccc(-n2cncn2)cc1. The highest BCUT2D eigenvalue weighted by Gasteiger charge is 2.13. The fraction of sp³-hybridized carbons (Fsp3) is 0.100. The number of carbonyl (C=O) groups excluding carboxylic acids is 2. The van der Waals surface area contributed by atoms with Crippen LogP contribution in [0.1, 0.15) is 5.56 Å². The first-order chi connectivity index (χ1) is 13.7. The predicted octanol–water partition coefficient (Wildman–Crippen LogP) is 2.05. The number of para-hydroxylation sites is 1. The number of hydrogen-bond acceptors (Lipinski definition) is 4. The van der Waals surface area contributed by atoms with Crippen molar-refractivity contribution in [2.75, 3.05) is 11.9 Å². The lowest BCUT2D eigenvalue weighted by molar-refractivity contribution is -0.136. The van der Waals surface area contributed by atoms with E-state index in [9.17, 15) is 9.59 Å². The quantitative estimate of drug-likeness (QED) is 0.465. The Morgan fingerprint density at radius 3 is 2.64 bits per heavy atom. The van der Waals surface area contributed by atoms with E-state index in [1.54, 1.807) is 35.3 Å². The first kappa shape index (κ1) is 17.5. The van der Waals surface area contributed by atoms with Crippen LogP contribution in [-0.2, 0) is 16.0 Å². The molecule has 0 saturated carbocycles. The van der Waals surface area contributed by atoms with Gasteiger partial charge in [0.05, 0.1) is 5.69 Å². The molecule has 0 aliphatic rings. The van der Waals surface area contributed by atoms with Crippen molar-refractivity contribution < 1.29 is 9.59 Å². The molecule has 140 valence electrons. The molecule has 2 aromatic carbocycles. The molecule has 0 fully saturated rings. The summed E-state index contributed by atoms with van der Waals surface area (Å²) < 4.78 is 1.60. The van der Waals surface area contributed by atoms with E-state index in [1.165, 1.54) is 6.33 Å². The molecular formula is C20H18N6O2. The van der Waals surface area contributed by atoms with Gasteiger partial charge >= 0.3 is 11.8 Å².